The smallest absolute Gasteiger partial charge is 0.0464 e. The average Bonchev–Trinajstić information content (AvgIpc) is 2.85. The van der Waals surface area contributed by atoms with Crippen molar-refractivity contribution in [3.05, 3.63) is 125 Å². The molecular weight excluding hydrogens is 386 g/mol. The molecule has 32 heavy (non-hydrogen) atoms. The Morgan fingerprint density at radius 1 is 0.688 bits per heavy atom. The van der Waals surface area contributed by atoms with Gasteiger partial charge in [-0.25, -0.2) is 0 Å². The van der Waals surface area contributed by atoms with Crippen molar-refractivity contribution >= 4 is 29.2 Å². The molecule has 0 aliphatic carbocycles. The van der Waals surface area contributed by atoms with Crippen LogP contribution < -0.4 is 4.90 Å². The maximum atomic E-state index is 2.31. The molecule has 4 aromatic carbocycles. The number of nitrogens with zero attached hydrogens (tertiary/aromatic N) is 1. The number of rotatable bonds is 7. The molecule has 0 heterocycles. The minimum Gasteiger partial charge on any atom is -0.310 e. The first-order chi connectivity index (χ1) is 15.7. The van der Waals surface area contributed by atoms with Crippen LogP contribution in [-0.2, 0) is 0 Å². The van der Waals surface area contributed by atoms with Gasteiger partial charge in [-0.2, -0.15) is 0 Å². The van der Waals surface area contributed by atoms with Gasteiger partial charge in [0.05, 0.1) is 0 Å². The van der Waals surface area contributed by atoms with Crippen LogP contribution in [0.5, 0.6) is 0 Å². The van der Waals surface area contributed by atoms with E-state index in [0.29, 0.717) is 5.92 Å². The number of aryl methyl sites for hydroxylation is 1. The molecule has 0 aliphatic heterocycles. The van der Waals surface area contributed by atoms with Crippen molar-refractivity contribution in [2.24, 2.45) is 0 Å². The highest BCUT2D eigenvalue weighted by molar-refractivity contribution is 5.79. The topological polar surface area (TPSA) is 3.24 Å². The van der Waals surface area contributed by atoms with Crippen LogP contribution in [-0.4, -0.2) is 0 Å². The van der Waals surface area contributed by atoms with Gasteiger partial charge >= 0.3 is 0 Å². The molecule has 0 aromatic heterocycles. The molecule has 0 aliphatic rings. The summed E-state index contributed by atoms with van der Waals surface area (Å²) in [5.74, 6) is 0.589. The van der Waals surface area contributed by atoms with Crippen molar-refractivity contribution in [2.45, 2.75) is 33.1 Å². The Balaban J connectivity index is 1.64. The van der Waals surface area contributed by atoms with Gasteiger partial charge in [0.25, 0.3) is 0 Å². The van der Waals surface area contributed by atoms with Crippen molar-refractivity contribution in [3.63, 3.8) is 0 Å². The minimum absolute atomic E-state index is 0.589. The van der Waals surface area contributed by atoms with E-state index in [1.807, 2.05) is 0 Å². The molecule has 0 saturated heterocycles. The Labute approximate surface area is 192 Å². The van der Waals surface area contributed by atoms with Crippen molar-refractivity contribution in [3.8, 4) is 0 Å². The van der Waals surface area contributed by atoms with Crippen LogP contribution in [0.1, 0.15) is 48.4 Å². The van der Waals surface area contributed by atoms with Gasteiger partial charge in [-0.3, -0.25) is 0 Å². The number of para-hydroxylation sites is 2. The van der Waals surface area contributed by atoms with E-state index in [2.05, 4.69) is 141 Å². The zero-order valence-corrected chi connectivity index (χ0v) is 19.2. The Morgan fingerprint density at radius 2 is 1.34 bits per heavy atom. The zero-order chi connectivity index (χ0) is 22.3. The lowest BCUT2D eigenvalue weighted by Crippen LogP contribution is -2.09. The zero-order valence-electron chi connectivity index (χ0n) is 19.2. The lowest BCUT2D eigenvalue weighted by molar-refractivity contribution is 0.733. The summed E-state index contributed by atoms with van der Waals surface area (Å²) in [6.45, 7) is 6.72. The molecule has 4 aromatic rings. The van der Waals surface area contributed by atoms with E-state index in [1.165, 1.54) is 22.3 Å². The SMILES string of the molecule is CCC(C)c1cccc(C=Cc2ccc(N(c3ccccc3)c3ccccc3)cc2C)c1. The van der Waals surface area contributed by atoms with E-state index in [4.69, 9.17) is 0 Å². The van der Waals surface area contributed by atoms with Crippen molar-refractivity contribution < 1.29 is 0 Å². The van der Waals surface area contributed by atoms with Crippen molar-refractivity contribution in [1.82, 2.24) is 0 Å². The third-order valence-corrected chi connectivity index (χ3v) is 6.09. The van der Waals surface area contributed by atoms with Crippen LogP contribution in [0, 0.1) is 6.92 Å². The molecule has 0 N–H and O–H groups in total. The first kappa shape index (κ1) is 21.6. The highest BCUT2D eigenvalue weighted by atomic mass is 15.1. The maximum absolute atomic E-state index is 2.31. The van der Waals surface area contributed by atoms with Gasteiger partial charge in [0, 0.05) is 17.1 Å². The third-order valence-electron chi connectivity index (χ3n) is 6.09. The summed E-state index contributed by atoms with van der Waals surface area (Å²) >= 11 is 0. The van der Waals surface area contributed by atoms with Crippen LogP contribution in [0.3, 0.4) is 0 Å². The summed E-state index contributed by atoms with van der Waals surface area (Å²) in [5, 5.41) is 0. The predicted octanol–water partition coefficient (Wildman–Crippen LogP) is 9.15. The van der Waals surface area contributed by atoms with Gasteiger partial charge in [0.15, 0.2) is 0 Å². The molecule has 1 heteroatoms. The fraction of sp³-hybridized carbons (Fsp3) is 0.161. The van der Waals surface area contributed by atoms with Crippen LogP contribution in [0.15, 0.2) is 103 Å². The Kier molecular flexibility index (Phi) is 6.87. The van der Waals surface area contributed by atoms with E-state index >= 15 is 0 Å². The van der Waals surface area contributed by atoms with Crippen LogP contribution in [0.4, 0.5) is 17.1 Å². The largest absolute Gasteiger partial charge is 0.310 e. The summed E-state index contributed by atoms with van der Waals surface area (Å²) in [7, 11) is 0. The fourth-order valence-corrected chi connectivity index (χ4v) is 3.98. The van der Waals surface area contributed by atoms with E-state index in [9.17, 15) is 0 Å². The molecule has 4 rings (SSSR count). The second kappa shape index (κ2) is 10.2. The molecular formula is C31H31N. The van der Waals surface area contributed by atoms with E-state index in [-0.39, 0.29) is 0 Å². The van der Waals surface area contributed by atoms with Crippen LogP contribution in [0.25, 0.3) is 12.2 Å². The van der Waals surface area contributed by atoms with Gasteiger partial charge in [0.2, 0.25) is 0 Å². The monoisotopic (exact) mass is 417 g/mol. The van der Waals surface area contributed by atoms with Crippen LogP contribution in [0.2, 0.25) is 0 Å². The van der Waals surface area contributed by atoms with E-state index < -0.39 is 0 Å². The van der Waals surface area contributed by atoms with Gasteiger partial charge in [-0.15, -0.1) is 0 Å². The normalized spacial score (nSPS) is 12.1. The summed E-state index contributed by atoms with van der Waals surface area (Å²) in [6.07, 6.45) is 5.61. The number of benzene rings is 4. The Morgan fingerprint density at radius 3 is 1.94 bits per heavy atom. The van der Waals surface area contributed by atoms with Gasteiger partial charge in [-0.05, 0) is 77.9 Å². The molecule has 0 fully saturated rings. The molecule has 0 saturated carbocycles. The Bertz CT molecular complexity index is 1140. The fourth-order valence-electron chi connectivity index (χ4n) is 3.98. The Hall–Kier alpha value is -3.58. The molecule has 0 bridgehead atoms. The molecule has 0 radical (unpaired) electrons. The first-order valence-corrected chi connectivity index (χ1v) is 11.4. The van der Waals surface area contributed by atoms with Gasteiger partial charge < -0.3 is 4.90 Å². The minimum atomic E-state index is 0.589. The summed E-state index contributed by atoms with van der Waals surface area (Å²) in [4.78, 5) is 2.30. The predicted molar refractivity (Wildman–Crippen MR) is 140 cm³/mol. The summed E-state index contributed by atoms with van der Waals surface area (Å²) in [5.41, 5.74) is 8.63. The highest BCUT2D eigenvalue weighted by Gasteiger charge is 2.12. The molecule has 1 nitrogen and oxygen atoms in total. The maximum Gasteiger partial charge on any atom is 0.0464 e. The van der Waals surface area contributed by atoms with E-state index in [0.717, 1.165) is 23.5 Å². The highest BCUT2D eigenvalue weighted by Crippen LogP contribution is 2.35. The average molecular weight is 418 g/mol. The lowest BCUT2D eigenvalue weighted by Gasteiger charge is -2.26. The lowest BCUT2D eigenvalue weighted by atomic mass is 9.96. The second-order valence-corrected chi connectivity index (χ2v) is 8.36. The number of hydrogen-bond acceptors (Lipinski definition) is 1. The second-order valence-electron chi connectivity index (χ2n) is 8.36. The molecule has 160 valence electrons. The van der Waals surface area contributed by atoms with E-state index in [1.54, 1.807) is 0 Å². The first-order valence-electron chi connectivity index (χ1n) is 11.4. The summed E-state index contributed by atoms with van der Waals surface area (Å²) in [6, 6.07) is 36.7. The number of hydrogen-bond donors (Lipinski definition) is 0. The molecule has 0 spiro atoms. The van der Waals surface area contributed by atoms with Gasteiger partial charge in [0.1, 0.15) is 0 Å². The summed E-state index contributed by atoms with van der Waals surface area (Å²) < 4.78 is 0. The van der Waals surface area contributed by atoms with Gasteiger partial charge in [-0.1, -0.05) is 92.7 Å². The molecule has 1 unspecified atom stereocenters. The van der Waals surface area contributed by atoms with Crippen molar-refractivity contribution in [2.75, 3.05) is 4.90 Å². The van der Waals surface area contributed by atoms with Crippen LogP contribution >= 0.6 is 0 Å². The molecule has 0 amide bonds. The number of anilines is 3. The standard InChI is InChI=1S/C31H31N/c1-4-24(2)28-13-11-12-26(23-28)18-19-27-20-21-31(22-25(27)3)32(29-14-7-5-8-15-29)30-16-9-6-10-17-30/h5-24H,4H2,1-3H3. The molecule has 1 atom stereocenters. The quantitative estimate of drug-likeness (QED) is 0.271. The third kappa shape index (κ3) is 5.00. The van der Waals surface area contributed by atoms with Crippen molar-refractivity contribution in [1.29, 1.82) is 0 Å².